The first-order valence-electron chi connectivity index (χ1n) is 7.34. The van der Waals surface area contributed by atoms with Crippen LogP contribution in [0.2, 0.25) is 0 Å². The van der Waals surface area contributed by atoms with E-state index in [2.05, 4.69) is 20.8 Å². The van der Waals surface area contributed by atoms with Gasteiger partial charge in [0.05, 0.1) is 6.04 Å². The van der Waals surface area contributed by atoms with Gasteiger partial charge in [0, 0.05) is 26.7 Å². The fraction of sp³-hybridized carbons (Fsp3) is 0.400. The Kier molecular flexibility index (Phi) is 5.46. The molecule has 0 spiro atoms. The maximum Gasteiger partial charge on any atom is 0.259 e. The topological polar surface area (TPSA) is 102 Å². The van der Waals surface area contributed by atoms with Crippen molar-refractivity contribution >= 4 is 11.8 Å². The Morgan fingerprint density at radius 1 is 1.38 bits per heavy atom. The third-order valence-corrected chi connectivity index (χ3v) is 3.35. The van der Waals surface area contributed by atoms with Crippen LogP contribution in [0.25, 0.3) is 0 Å². The molecule has 0 saturated carbocycles. The number of aromatic nitrogens is 4. The molecule has 128 valence electrons. The number of aryl methyl sites for hydroxylation is 1. The van der Waals surface area contributed by atoms with E-state index >= 15 is 0 Å². The molecule has 1 aromatic carbocycles. The maximum absolute atomic E-state index is 12.3. The van der Waals surface area contributed by atoms with Crippen molar-refractivity contribution in [3.05, 3.63) is 35.7 Å². The summed E-state index contributed by atoms with van der Waals surface area (Å²) in [6.07, 6.45) is 0. The fourth-order valence-corrected chi connectivity index (χ4v) is 1.95. The van der Waals surface area contributed by atoms with E-state index in [1.165, 1.54) is 9.58 Å². The van der Waals surface area contributed by atoms with E-state index in [1.54, 1.807) is 52.3 Å². The Bertz CT molecular complexity index is 728. The highest BCUT2D eigenvalue weighted by atomic mass is 16.5. The number of tetrazole rings is 1. The van der Waals surface area contributed by atoms with Gasteiger partial charge in [0.25, 0.3) is 11.8 Å². The van der Waals surface area contributed by atoms with Gasteiger partial charge in [-0.05, 0) is 35.5 Å². The Hall–Kier alpha value is -2.97. The van der Waals surface area contributed by atoms with Crippen LogP contribution in [0.15, 0.2) is 24.3 Å². The summed E-state index contributed by atoms with van der Waals surface area (Å²) >= 11 is 0. The molecule has 1 atom stereocenters. The SMILES string of the molecule is CC(NC(=O)c1cccc(OCC(=O)N(C)C)c1)c1nnnn1C. The summed E-state index contributed by atoms with van der Waals surface area (Å²) in [5, 5.41) is 14.0. The average Bonchev–Trinajstić information content (AvgIpc) is 2.98. The van der Waals surface area contributed by atoms with E-state index in [0.29, 0.717) is 17.1 Å². The number of nitrogens with zero attached hydrogens (tertiary/aromatic N) is 5. The lowest BCUT2D eigenvalue weighted by molar-refractivity contribution is -0.130. The number of ether oxygens (including phenoxy) is 1. The first-order chi connectivity index (χ1) is 11.4. The van der Waals surface area contributed by atoms with E-state index in [1.807, 2.05) is 0 Å². The molecule has 0 saturated heterocycles. The van der Waals surface area contributed by atoms with Crippen LogP contribution in [-0.2, 0) is 11.8 Å². The minimum Gasteiger partial charge on any atom is -0.484 e. The van der Waals surface area contributed by atoms with Crippen LogP contribution >= 0.6 is 0 Å². The summed E-state index contributed by atoms with van der Waals surface area (Å²) in [5.41, 5.74) is 0.423. The van der Waals surface area contributed by atoms with Gasteiger partial charge in [-0.15, -0.1) is 5.10 Å². The molecule has 2 amide bonds. The van der Waals surface area contributed by atoms with Crippen LogP contribution in [0, 0.1) is 0 Å². The Morgan fingerprint density at radius 3 is 2.75 bits per heavy atom. The normalized spacial score (nSPS) is 11.7. The lowest BCUT2D eigenvalue weighted by Crippen LogP contribution is -2.29. The predicted molar refractivity (Wildman–Crippen MR) is 85.3 cm³/mol. The van der Waals surface area contributed by atoms with Gasteiger partial charge in [0.15, 0.2) is 12.4 Å². The Morgan fingerprint density at radius 2 is 2.12 bits per heavy atom. The average molecular weight is 332 g/mol. The molecule has 2 rings (SSSR count). The lowest BCUT2D eigenvalue weighted by atomic mass is 10.2. The van der Waals surface area contributed by atoms with Crippen molar-refractivity contribution in [2.24, 2.45) is 7.05 Å². The molecule has 1 N–H and O–H groups in total. The smallest absolute Gasteiger partial charge is 0.259 e. The zero-order valence-corrected chi connectivity index (χ0v) is 14.1. The van der Waals surface area contributed by atoms with Crippen LogP contribution in [0.5, 0.6) is 5.75 Å². The van der Waals surface area contributed by atoms with Gasteiger partial charge >= 0.3 is 0 Å². The number of likely N-dealkylation sites (N-methyl/N-ethyl adjacent to an activating group) is 1. The van der Waals surface area contributed by atoms with Crippen LogP contribution < -0.4 is 10.1 Å². The van der Waals surface area contributed by atoms with Crippen molar-refractivity contribution in [2.45, 2.75) is 13.0 Å². The van der Waals surface area contributed by atoms with Crippen LogP contribution in [0.1, 0.15) is 29.1 Å². The molecule has 0 aliphatic rings. The number of hydrogen-bond acceptors (Lipinski definition) is 6. The van der Waals surface area contributed by atoms with Gasteiger partial charge in [-0.3, -0.25) is 9.59 Å². The number of benzene rings is 1. The summed E-state index contributed by atoms with van der Waals surface area (Å²) in [6.45, 7) is 1.71. The van der Waals surface area contributed by atoms with E-state index < -0.39 is 0 Å². The van der Waals surface area contributed by atoms with Crippen molar-refractivity contribution in [1.82, 2.24) is 30.4 Å². The van der Waals surface area contributed by atoms with Crippen molar-refractivity contribution in [2.75, 3.05) is 20.7 Å². The first kappa shape index (κ1) is 17.4. The van der Waals surface area contributed by atoms with Crippen molar-refractivity contribution in [3.63, 3.8) is 0 Å². The zero-order chi connectivity index (χ0) is 17.7. The predicted octanol–water partition coefficient (Wildman–Crippen LogP) is 0.168. The summed E-state index contributed by atoms with van der Waals surface area (Å²) in [7, 11) is 5.00. The summed E-state index contributed by atoms with van der Waals surface area (Å²) in [6, 6.07) is 6.28. The highest BCUT2D eigenvalue weighted by molar-refractivity contribution is 5.94. The minimum atomic E-state index is -0.350. The second-order valence-electron chi connectivity index (χ2n) is 5.46. The molecule has 1 unspecified atom stereocenters. The molecule has 2 aromatic rings. The number of rotatable bonds is 6. The quantitative estimate of drug-likeness (QED) is 0.809. The number of carbonyl (C=O) groups excluding carboxylic acids is 2. The summed E-state index contributed by atoms with van der Waals surface area (Å²) in [5.74, 6) is 0.557. The van der Waals surface area contributed by atoms with Gasteiger partial charge in [0.2, 0.25) is 0 Å². The van der Waals surface area contributed by atoms with Crippen LogP contribution in [-0.4, -0.2) is 57.6 Å². The van der Waals surface area contributed by atoms with Crippen molar-refractivity contribution < 1.29 is 14.3 Å². The molecule has 0 radical (unpaired) electrons. The highest BCUT2D eigenvalue weighted by Gasteiger charge is 2.16. The number of hydrogen-bond donors (Lipinski definition) is 1. The molecule has 9 nitrogen and oxygen atoms in total. The van der Waals surface area contributed by atoms with Crippen LogP contribution in [0.3, 0.4) is 0 Å². The number of nitrogens with one attached hydrogen (secondary N) is 1. The molecule has 24 heavy (non-hydrogen) atoms. The minimum absolute atomic E-state index is 0.0842. The lowest BCUT2D eigenvalue weighted by Gasteiger charge is -2.14. The monoisotopic (exact) mass is 332 g/mol. The molecule has 0 bridgehead atoms. The summed E-state index contributed by atoms with van der Waals surface area (Å²) < 4.78 is 6.91. The molecule has 0 aliphatic carbocycles. The van der Waals surface area contributed by atoms with E-state index in [4.69, 9.17) is 4.74 Å². The van der Waals surface area contributed by atoms with Crippen LogP contribution in [0.4, 0.5) is 0 Å². The maximum atomic E-state index is 12.3. The van der Waals surface area contributed by atoms with E-state index in [-0.39, 0.29) is 24.5 Å². The largest absolute Gasteiger partial charge is 0.484 e. The Balaban J connectivity index is 2.01. The molecule has 0 fully saturated rings. The third-order valence-electron chi connectivity index (χ3n) is 3.35. The van der Waals surface area contributed by atoms with Crippen molar-refractivity contribution in [3.8, 4) is 5.75 Å². The van der Waals surface area contributed by atoms with E-state index in [9.17, 15) is 9.59 Å². The molecule has 9 heteroatoms. The standard InChI is InChI=1S/C15H20N6O3/c1-10(14-17-18-19-21(14)4)16-15(23)11-6-5-7-12(8-11)24-9-13(22)20(2)3/h5-8,10H,9H2,1-4H3,(H,16,23). The Labute approximate surface area is 139 Å². The third kappa shape index (κ3) is 4.28. The fourth-order valence-electron chi connectivity index (χ4n) is 1.95. The second-order valence-corrected chi connectivity index (χ2v) is 5.46. The summed E-state index contributed by atoms with van der Waals surface area (Å²) in [4.78, 5) is 25.3. The molecule has 1 aromatic heterocycles. The second kappa shape index (κ2) is 7.53. The van der Waals surface area contributed by atoms with Crippen molar-refractivity contribution in [1.29, 1.82) is 0 Å². The first-order valence-corrected chi connectivity index (χ1v) is 7.34. The highest BCUT2D eigenvalue weighted by Crippen LogP contribution is 2.15. The van der Waals surface area contributed by atoms with Gasteiger partial charge < -0.3 is 15.0 Å². The van der Waals surface area contributed by atoms with Gasteiger partial charge in [-0.1, -0.05) is 6.07 Å². The molecule has 1 heterocycles. The van der Waals surface area contributed by atoms with E-state index in [0.717, 1.165) is 0 Å². The number of carbonyl (C=O) groups is 2. The van der Waals surface area contributed by atoms with Gasteiger partial charge in [-0.2, -0.15) is 0 Å². The number of amides is 2. The zero-order valence-electron chi connectivity index (χ0n) is 14.1. The molecule has 0 aliphatic heterocycles. The van der Waals surface area contributed by atoms with Gasteiger partial charge in [-0.25, -0.2) is 4.68 Å². The van der Waals surface area contributed by atoms with Gasteiger partial charge in [0.1, 0.15) is 5.75 Å². The molecular weight excluding hydrogens is 312 g/mol. The molecular formula is C15H20N6O3.